The van der Waals surface area contributed by atoms with Crippen LogP contribution in [0.4, 0.5) is 19.0 Å². The zero-order chi connectivity index (χ0) is 22.6. The number of aryl methyl sites for hydroxylation is 1. The molecule has 2 amide bonds. The Morgan fingerprint density at radius 1 is 1.26 bits per heavy atom. The van der Waals surface area contributed by atoms with Gasteiger partial charge in [-0.15, -0.1) is 0 Å². The summed E-state index contributed by atoms with van der Waals surface area (Å²) in [5.41, 5.74) is 0.136. The van der Waals surface area contributed by atoms with Crippen LogP contribution in [-0.2, 0) is 4.79 Å². The molecule has 0 bridgehead atoms. The molecule has 13 heteroatoms. The summed E-state index contributed by atoms with van der Waals surface area (Å²) in [6, 6.07) is 2.83. The Bertz CT molecular complexity index is 945. The Morgan fingerprint density at radius 3 is 2.55 bits per heavy atom. The number of hydrogen-bond donors (Lipinski definition) is 1. The number of pyridine rings is 1. The van der Waals surface area contributed by atoms with Gasteiger partial charge in [-0.05, 0) is 13.0 Å². The maximum atomic E-state index is 12.6. The molecule has 0 saturated carbocycles. The summed E-state index contributed by atoms with van der Waals surface area (Å²) in [6.07, 6.45) is -3.40. The Morgan fingerprint density at radius 2 is 1.97 bits per heavy atom. The molecule has 0 aromatic carbocycles. The van der Waals surface area contributed by atoms with E-state index in [9.17, 15) is 22.8 Å². The molecule has 0 atom stereocenters. The number of rotatable bonds is 6. The third-order valence-corrected chi connectivity index (χ3v) is 4.62. The average molecular weight is 462 g/mol. The molecule has 0 spiro atoms. The fourth-order valence-corrected chi connectivity index (χ4v) is 3.12. The molecule has 1 saturated heterocycles. The van der Waals surface area contributed by atoms with Crippen molar-refractivity contribution in [3.63, 3.8) is 0 Å². The van der Waals surface area contributed by atoms with Crippen molar-refractivity contribution < 1.29 is 32.0 Å². The Kier molecular flexibility index (Phi) is 7.01. The number of alkyl halides is 3. The summed E-state index contributed by atoms with van der Waals surface area (Å²) in [4.78, 5) is 31.9. The molecule has 2 aromatic rings. The van der Waals surface area contributed by atoms with Gasteiger partial charge in [0.25, 0.3) is 5.91 Å². The van der Waals surface area contributed by atoms with Crippen LogP contribution in [0.25, 0.3) is 0 Å². The van der Waals surface area contributed by atoms with E-state index in [4.69, 9.17) is 16.1 Å². The smallest absolute Gasteiger partial charge is 0.422 e. The summed E-state index contributed by atoms with van der Waals surface area (Å²) in [7, 11) is 0. The van der Waals surface area contributed by atoms with E-state index in [1.807, 2.05) is 4.90 Å². The van der Waals surface area contributed by atoms with Crippen LogP contribution in [0.15, 0.2) is 22.9 Å². The van der Waals surface area contributed by atoms with Crippen molar-refractivity contribution in [3.8, 4) is 5.88 Å². The molecule has 1 N–H and O–H groups in total. The fourth-order valence-electron chi connectivity index (χ4n) is 2.90. The van der Waals surface area contributed by atoms with Crippen LogP contribution in [0.2, 0.25) is 5.02 Å². The van der Waals surface area contributed by atoms with Crippen molar-refractivity contribution in [2.45, 2.75) is 13.1 Å². The third kappa shape index (κ3) is 6.56. The molecule has 3 rings (SSSR count). The second-order valence-electron chi connectivity index (χ2n) is 6.85. The van der Waals surface area contributed by atoms with Crippen LogP contribution in [0.1, 0.15) is 16.1 Å². The fraction of sp³-hybridized carbons (Fsp3) is 0.444. The van der Waals surface area contributed by atoms with E-state index in [1.54, 1.807) is 17.9 Å². The maximum Gasteiger partial charge on any atom is 0.422 e. The molecule has 1 fully saturated rings. The topological polar surface area (TPSA) is 101 Å². The molecule has 0 unspecified atom stereocenters. The standard InChI is InChI=1S/C18H19ClF3N5O4/c1-11-6-14(25-31-11)24-15(28)9-26-2-4-27(5-3-26)17(29)12-7-13(19)16(23-8-12)30-10-18(20,21)22/h6-8H,2-5,9-10H2,1H3,(H,24,25,28). The highest BCUT2D eigenvalue weighted by Crippen LogP contribution is 2.25. The number of carbonyl (C=O) groups excluding carboxylic acids is 2. The number of carbonyl (C=O) groups is 2. The Balaban J connectivity index is 1.49. The zero-order valence-corrected chi connectivity index (χ0v) is 17.2. The summed E-state index contributed by atoms with van der Waals surface area (Å²) < 4.78 is 46.2. The van der Waals surface area contributed by atoms with Crippen molar-refractivity contribution in [1.82, 2.24) is 19.9 Å². The van der Waals surface area contributed by atoms with Crippen LogP contribution < -0.4 is 10.1 Å². The van der Waals surface area contributed by atoms with Crippen molar-refractivity contribution in [3.05, 3.63) is 34.7 Å². The first-order chi connectivity index (χ1) is 14.6. The number of anilines is 1. The van der Waals surface area contributed by atoms with Crippen molar-refractivity contribution in [2.75, 3.05) is 44.6 Å². The van der Waals surface area contributed by atoms with Gasteiger partial charge < -0.3 is 19.5 Å². The lowest BCUT2D eigenvalue weighted by molar-refractivity contribution is -0.154. The lowest BCUT2D eigenvalue weighted by atomic mass is 10.2. The number of nitrogens with zero attached hydrogens (tertiary/aromatic N) is 4. The van der Waals surface area contributed by atoms with Gasteiger partial charge in [0.05, 0.1) is 12.1 Å². The molecule has 168 valence electrons. The number of aromatic nitrogens is 2. The first-order valence-electron chi connectivity index (χ1n) is 9.20. The predicted octanol–water partition coefficient (Wildman–Crippen LogP) is 2.37. The van der Waals surface area contributed by atoms with Gasteiger partial charge in [0.1, 0.15) is 10.8 Å². The lowest BCUT2D eigenvalue weighted by Crippen LogP contribution is -2.50. The van der Waals surface area contributed by atoms with E-state index in [0.717, 1.165) is 6.20 Å². The predicted molar refractivity (Wildman–Crippen MR) is 103 cm³/mol. The monoisotopic (exact) mass is 461 g/mol. The number of hydrogen-bond acceptors (Lipinski definition) is 7. The van der Waals surface area contributed by atoms with Crippen molar-refractivity contribution in [2.24, 2.45) is 0 Å². The molecular weight excluding hydrogens is 443 g/mol. The van der Waals surface area contributed by atoms with Gasteiger partial charge in [0.2, 0.25) is 11.8 Å². The minimum Gasteiger partial charge on any atom is -0.467 e. The average Bonchev–Trinajstić information content (AvgIpc) is 3.10. The molecule has 3 heterocycles. The van der Waals surface area contributed by atoms with Crippen LogP contribution >= 0.6 is 11.6 Å². The van der Waals surface area contributed by atoms with Gasteiger partial charge >= 0.3 is 6.18 Å². The molecule has 0 aliphatic carbocycles. The first kappa shape index (κ1) is 22.8. The van der Waals surface area contributed by atoms with Gasteiger partial charge in [-0.1, -0.05) is 16.8 Å². The van der Waals surface area contributed by atoms with Crippen LogP contribution in [0, 0.1) is 6.92 Å². The summed E-state index contributed by atoms with van der Waals surface area (Å²) in [5.74, 6) is -0.0913. The van der Waals surface area contributed by atoms with Crippen molar-refractivity contribution >= 4 is 29.2 Å². The SMILES string of the molecule is Cc1cc(NC(=O)CN2CCN(C(=O)c3cnc(OCC(F)(F)F)c(Cl)c3)CC2)no1. The zero-order valence-electron chi connectivity index (χ0n) is 16.4. The number of ether oxygens (including phenoxy) is 1. The highest BCUT2D eigenvalue weighted by molar-refractivity contribution is 6.32. The lowest BCUT2D eigenvalue weighted by Gasteiger charge is -2.34. The minimum absolute atomic E-state index is 0.132. The summed E-state index contributed by atoms with van der Waals surface area (Å²) >= 11 is 5.90. The Labute approximate surface area is 180 Å². The van der Waals surface area contributed by atoms with Gasteiger partial charge in [0.15, 0.2) is 12.4 Å². The molecule has 2 aromatic heterocycles. The van der Waals surface area contributed by atoms with E-state index in [0.29, 0.717) is 37.8 Å². The van der Waals surface area contributed by atoms with Gasteiger partial charge in [-0.3, -0.25) is 14.5 Å². The highest BCUT2D eigenvalue weighted by atomic mass is 35.5. The molecule has 0 radical (unpaired) electrons. The molecule has 31 heavy (non-hydrogen) atoms. The van der Waals surface area contributed by atoms with Gasteiger partial charge in [-0.2, -0.15) is 13.2 Å². The van der Waals surface area contributed by atoms with E-state index >= 15 is 0 Å². The second-order valence-corrected chi connectivity index (χ2v) is 7.26. The minimum atomic E-state index is -4.52. The van der Waals surface area contributed by atoms with E-state index in [1.165, 1.54) is 6.07 Å². The van der Waals surface area contributed by atoms with Crippen LogP contribution in [0.5, 0.6) is 5.88 Å². The summed E-state index contributed by atoms with van der Waals surface area (Å²) in [5, 5.41) is 6.14. The van der Waals surface area contributed by atoms with Crippen LogP contribution in [0.3, 0.4) is 0 Å². The molecular formula is C18H19ClF3N5O4. The Hall–Kier alpha value is -2.86. The van der Waals surface area contributed by atoms with E-state index < -0.39 is 18.7 Å². The summed E-state index contributed by atoms with van der Waals surface area (Å²) in [6.45, 7) is 1.96. The highest BCUT2D eigenvalue weighted by Gasteiger charge is 2.29. The number of piperazine rings is 1. The quantitative estimate of drug-likeness (QED) is 0.704. The van der Waals surface area contributed by atoms with E-state index in [2.05, 4.69) is 20.2 Å². The largest absolute Gasteiger partial charge is 0.467 e. The normalized spacial score (nSPS) is 15.1. The second kappa shape index (κ2) is 9.52. The first-order valence-corrected chi connectivity index (χ1v) is 9.58. The van der Waals surface area contributed by atoms with Crippen molar-refractivity contribution in [1.29, 1.82) is 0 Å². The van der Waals surface area contributed by atoms with Gasteiger partial charge in [-0.25, -0.2) is 4.98 Å². The van der Waals surface area contributed by atoms with Crippen LogP contribution in [-0.4, -0.2) is 77.3 Å². The number of amides is 2. The number of halogens is 4. The van der Waals surface area contributed by atoms with E-state index in [-0.39, 0.29) is 28.9 Å². The molecule has 9 nitrogen and oxygen atoms in total. The molecule has 1 aliphatic rings. The molecule has 1 aliphatic heterocycles. The third-order valence-electron chi connectivity index (χ3n) is 4.35. The maximum absolute atomic E-state index is 12.6. The van der Waals surface area contributed by atoms with Gasteiger partial charge in [0, 0.05) is 38.4 Å². The number of nitrogens with one attached hydrogen (secondary N) is 1.